The van der Waals surface area contributed by atoms with E-state index in [0.29, 0.717) is 31.1 Å². The SMILES string of the molecule is O=C1CCC(N2Cc3ccc(CN(c4nccs4)C4CCNCC4)cc3C2=O)C(=O)N1. The van der Waals surface area contributed by atoms with Gasteiger partial charge in [-0.3, -0.25) is 19.7 Å². The Bertz CT molecular complexity index is 1000. The normalized spacial score (nSPS) is 21.9. The number of carbonyl (C=O) groups excluding carboxylic acids is 3. The van der Waals surface area contributed by atoms with E-state index in [0.717, 1.165) is 42.2 Å². The van der Waals surface area contributed by atoms with Crippen molar-refractivity contribution in [2.24, 2.45) is 0 Å². The second-order valence-electron chi connectivity index (χ2n) is 8.32. The minimum atomic E-state index is -0.581. The summed E-state index contributed by atoms with van der Waals surface area (Å²) in [5.41, 5.74) is 2.65. The molecule has 2 N–H and O–H groups in total. The van der Waals surface area contributed by atoms with Gasteiger partial charge in [-0.1, -0.05) is 12.1 Å². The van der Waals surface area contributed by atoms with Gasteiger partial charge in [0.05, 0.1) is 0 Å². The molecule has 162 valence electrons. The molecule has 3 aliphatic rings. The standard InChI is InChI=1S/C22H25N5O3S/c28-19-4-3-18(20(29)25-19)27-13-15-2-1-14(11-17(15)21(27)30)12-26(22-24-9-10-31-22)16-5-7-23-8-6-16/h1-2,9-11,16,18,23H,3-8,12-13H2,(H,25,28,29). The summed E-state index contributed by atoms with van der Waals surface area (Å²) >= 11 is 1.64. The molecule has 2 aromatic rings. The molecule has 5 rings (SSSR count). The first-order chi connectivity index (χ1) is 15.1. The molecule has 8 nitrogen and oxygen atoms in total. The summed E-state index contributed by atoms with van der Waals surface area (Å²) in [4.78, 5) is 45.3. The molecular weight excluding hydrogens is 414 g/mol. The number of imide groups is 1. The van der Waals surface area contributed by atoms with Gasteiger partial charge in [0.1, 0.15) is 6.04 Å². The Morgan fingerprint density at radius 2 is 2.00 bits per heavy atom. The Kier molecular flexibility index (Phi) is 5.45. The van der Waals surface area contributed by atoms with Crippen LogP contribution < -0.4 is 15.5 Å². The zero-order valence-electron chi connectivity index (χ0n) is 17.2. The van der Waals surface area contributed by atoms with Gasteiger partial charge in [0, 0.05) is 42.7 Å². The molecule has 2 fully saturated rings. The average Bonchev–Trinajstić information content (AvgIpc) is 3.42. The van der Waals surface area contributed by atoms with Crippen LogP contribution in [0.1, 0.15) is 47.2 Å². The van der Waals surface area contributed by atoms with Gasteiger partial charge >= 0.3 is 0 Å². The maximum Gasteiger partial charge on any atom is 0.255 e. The van der Waals surface area contributed by atoms with Gasteiger partial charge in [0.15, 0.2) is 5.13 Å². The van der Waals surface area contributed by atoms with Gasteiger partial charge < -0.3 is 15.1 Å². The number of aromatic nitrogens is 1. The van der Waals surface area contributed by atoms with Gasteiger partial charge in [0.25, 0.3) is 5.91 Å². The number of amides is 3. The largest absolute Gasteiger partial charge is 0.341 e. The van der Waals surface area contributed by atoms with E-state index in [4.69, 9.17) is 0 Å². The van der Waals surface area contributed by atoms with Crippen LogP contribution in [0.25, 0.3) is 0 Å². The Hall–Kier alpha value is -2.78. The Labute approximate surface area is 184 Å². The number of thiazole rings is 1. The molecule has 0 radical (unpaired) electrons. The van der Waals surface area contributed by atoms with Crippen LogP contribution >= 0.6 is 11.3 Å². The number of hydrogen-bond donors (Lipinski definition) is 2. The fourth-order valence-corrected chi connectivity index (χ4v) is 5.44. The number of nitrogens with one attached hydrogen (secondary N) is 2. The van der Waals surface area contributed by atoms with E-state index < -0.39 is 6.04 Å². The predicted molar refractivity (Wildman–Crippen MR) is 117 cm³/mol. The average molecular weight is 440 g/mol. The third kappa shape index (κ3) is 3.95. The van der Waals surface area contributed by atoms with E-state index in [1.165, 1.54) is 0 Å². The minimum absolute atomic E-state index is 0.131. The van der Waals surface area contributed by atoms with Crippen LogP contribution in [0.4, 0.5) is 5.13 Å². The third-order valence-corrected chi connectivity index (χ3v) is 7.17. The molecule has 3 aliphatic heterocycles. The monoisotopic (exact) mass is 439 g/mol. The van der Waals surface area contributed by atoms with Crippen molar-refractivity contribution in [2.45, 2.75) is 50.9 Å². The van der Waals surface area contributed by atoms with E-state index in [1.807, 2.05) is 23.7 Å². The topological polar surface area (TPSA) is 94.6 Å². The maximum absolute atomic E-state index is 13.1. The van der Waals surface area contributed by atoms with Crippen LogP contribution in [-0.2, 0) is 22.7 Å². The highest BCUT2D eigenvalue weighted by molar-refractivity contribution is 7.13. The van der Waals surface area contributed by atoms with Crippen molar-refractivity contribution in [1.29, 1.82) is 0 Å². The van der Waals surface area contributed by atoms with Crippen LogP contribution in [0.15, 0.2) is 29.8 Å². The van der Waals surface area contributed by atoms with Gasteiger partial charge in [0.2, 0.25) is 11.8 Å². The molecular formula is C22H25N5O3S. The van der Waals surface area contributed by atoms with E-state index in [9.17, 15) is 14.4 Å². The lowest BCUT2D eigenvalue weighted by Gasteiger charge is -2.34. The minimum Gasteiger partial charge on any atom is -0.341 e. The summed E-state index contributed by atoms with van der Waals surface area (Å²) in [5.74, 6) is -0.777. The van der Waals surface area contributed by atoms with Crippen LogP contribution in [0, 0.1) is 0 Å². The molecule has 4 heterocycles. The predicted octanol–water partition coefficient (Wildman–Crippen LogP) is 1.66. The Balaban J connectivity index is 1.36. The number of piperidine rings is 2. The number of carbonyl (C=O) groups is 3. The number of hydrogen-bond acceptors (Lipinski definition) is 7. The first-order valence-corrected chi connectivity index (χ1v) is 11.6. The summed E-state index contributed by atoms with van der Waals surface area (Å²) < 4.78 is 0. The van der Waals surface area contributed by atoms with Crippen LogP contribution in [0.5, 0.6) is 0 Å². The van der Waals surface area contributed by atoms with E-state index >= 15 is 0 Å². The first-order valence-electron chi connectivity index (χ1n) is 10.7. The first kappa shape index (κ1) is 20.1. The fourth-order valence-electron chi connectivity index (χ4n) is 4.73. The zero-order valence-corrected chi connectivity index (χ0v) is 18.0. The highest BCUT2D eigenvalue weighted by Crippen LogP contribution is 2.30. The number of anilines is 1. The Morgan fingerprint density at radius 3 is 2.74 bits per heavy atom. The zero-order chi connectivity index (χ0) is 21.4. The van der Waals surface area contributed by atoms with E-state index in [-0.39, 0.29) is 24.1 Å². The summed E-state index contributed by atoms with van der Waals surface area (Å²) in [6.07, 6.45) is 4.60. The molecule has 0 spiro atoms. The van der Waals surface area contributed by atoms with Crippen LogP contribution in [0.2, 0.25) is 0 Å². The van der Waals surface area contributed by atoms with Crippen molar-refractivity contribution in [2.75, 3.05) is 18.0 Å². The molecule has 1 atom stereocenters. The molecule has 1 aromatic carbocycles. The van der Waals surface area contributed by atoms with Crippen molar-refractivity contribution in [3.63, 3.8) is 0 Å². The lowest BCUT2D eigenvalue weighted by molar-refractivity contribution is -0.136. The lowest BCUT2D eigenvalue weighted by atomic mass is 10.0. The number of benzene rings is 1. The molecule has 9 heteroatoms. The van der Waals surface area contributed by atoms with Gasteiger partial charge in [-0.15, -0.1) is 11.3 Å². The van der Waals surface area contributed by atoms with Gasteiger partial charge in [-0.2, -0.15) is 0 Å². The molecule has 3 amide bonds. The summed E-state index contributed by atoms with van der Waals surface area (Å²) in [6, 6.07) is 5.86. The summed E-state index contributed by atoms with van der Waals surface area (Å²) in [7, 11) is 0. The number of rotatable bonds is 5. The second kappa shape index (κ2) is 8.39. The fraction of sp³-hybridized carbons (Fsp3) is 0.455. The molecule has 0 saturated carbocycles. The van der Waals surface area contributed by atoms with Crippen LogP contribution in [-0.4, -0.2) is 52.8 Å². The lowest BCUT2D eigenvalue weighted by Crippen LogP contribution is -2.52. The van der Waals surface area contributed by atoms with Crippen molar-refractivity contribution >= 4 is 34.2 Å². The summed E-state index contributed by atoms with van der Waals surface area (Å²) in [5, 5.41) is 8.76. The summed E-state index contributed by atoms with van der Waals surface area (Å²) in [6.45, 7) is 3.09. The molecule has 1 aromatic heterocycles. The molecule has 2 saturated heterocycles. The quantitative estimate of drug-likeness (QED) is 0.689. The number of nitrogens with zero attached hydrogens (tertiary/aromatic N) is 3. The molecule has 0 aliphatic carbocycles. The highest BCUT2D eigenvalue weighted by atomic mass is 32.1. The van der Waals surface area contributed by atoms with Crippen molar-refractivity contribution < 1.29 is 14.4 Å². The van der Waals surface area contributed by atoms with Crippen molar-refractivity contribution in [3.05, 3.63) is 46.5 Å². The smallest absolute Gasteiger partial charge is 0.255 e. The van der Waals surface area contributed by atoms with Crippen molar-refractivity contribution in [3.8, 4) is 0 Å². The van der Waals surface area contributed by atoms with Crippen molar-refractivity contribution in [1.82, 2.24) is 20.5 Å². The van der Waals surface area contributed by atoms with Gasteiger partial charge in [-0.25, -0.2) is 4.98 Å². The number of fused-ring (bicyclic) bond motifs is 1. The Morgan fingerprint density at radius 1 is 1.16 bits per heavy atom. The van der Waals surface area contributed by atoms with Crippen LogP contribution in [0.3, 0.4) is 0 Å². The second-order valence-corrected chi connectivity index (χ2v) is 9.19. The van der Waals surface area contributed by atoms with E-state index in [2.05, 4.69) is 26.6 Å². The van der Waals surface area contributed by atoms with E-state index in [1.54, 1.807) is 16.2 Å². The third-order valence-electron chi connectivity index (χ3n) is 6.36. The molecule has 0 bridgehead atoms. The molecule has 1 unspecified atom stereocenters. The maximum atomic E-state index is 13.1. The molecule has 31 heavy (non-hydrogen) atoms. The highest BCUT2D eigenvalue weighted by Gasteiger charge is 2.39. The van der Waals surface area contributed by atoms with Gasteiger partial charge in [-0.05, 0) is 49.5 Å².